The van der Waals surface area contributed by atoms with Gasteiger partial charge in [-0.05, 0) is 131 Å². The van der Waals surface area contributed by atoms with Crippen LogP contribution in [0.1, 0.15) is 65.8 Å². The van der Waals surface area contributed by atoms with Gasteiger partial charge in [-0.1, -0.05) is 30.3 Å². The molecule has 2 heterocycles. The van der Waals surface area contributed by atoms with E-state index in [-0.39, 0.29) is 42.1 Å². The lowest BCUT2D eigenvalue weighted by molar-refractivity contribution is -0.130. The van der Waals surface area contributed by atoms with E-state index in [0.717, 1.165) is 90.7 Å². The number of nitrogens with one attached hydrogen (secondary N) is 5. The van der Waals surface area contributed by atoms with Gasteiger partial charge in [0.05, 0.1) is 11.0 Å². The Morgan fingerprint density at radius 1 is 0.918 bits per heavy atom. The summed E-state index contributed by atoms with van der Waals surface area (Å²) in [6.07, 6.45) is 5.65. The molecule has 7 N–H and O–H groups in total. The maximum absolute atomic E-state index is 13.7. The molecule has 1 aromatic heterocycles. The van der Waals surface area contributed by atoms with Gasteiger partial charge in [-0.3, -0.25) is 14.4 Å². The van der Waals surface area contributed by atoms with Crippen molar-refractivity contribution in [3.8, 4) is 11.1 Å². The molecule has 0 spiro atoms. The van der Waals surface area contributed by atoms with Gasteiger partial charge in [-0.15, -0.1) is 12.4 Å². The van der Waals surface area contributed by atoms with Crippen LogP contribution in [0.4, 0.5) is 5.69 Å². The van der Waals surface area contributed by atoms with E-state index < -0.39 is 6.04 Å². The lowest BCUT2D eigenvalue weighted by Gasteiger charge is -2.28. The summed E-state index contributed by atoms with van der Waals surface area (Å²) in [5.41, 5.74) is 12.8. The number of hydrogen-bond acceptors (Lipinski definition) is 6. The third-order valence-corrected chi connectivity index (χ3v) is 9.92. The van der Waals surface area contributed by atoms with Crippen LogP contribution in [-0.4, -0.2) is 59.4 Å². The van der Waals surface area contributed by atoms with E-state index in [9.17, 15) is 14.4 Å². The van der Waals surface area contributed by atoms with Crippen LogP contribution in [-0.2, 0) is 16.0 Å². The van der Waals surface area contributed by atoms with Gasteiger partial charge in [0, 0.05) is 29.6 Å². The zero-order valence-electron chi connectivity index (χ0n) is 28.3. The fourth-order valence-electron chi connectivity index (χ4n) is 7.02. The van der Waals surface area contributed by atoms with Crippen molar-refractivity contribution in [3.63, 3.8) is 0 Å². The molecule has 1 saturated heterocycles. The summed E-state index contributed by atoms with van der Waals surface area (Å²) in [6.45, 7) is 6.40. The molecule has 1 aliphatic carbocycles. The predicted octanol–water partition coefficient (Wildman–Crippen LogP) is 5.18. The number of H-pyrrole nitrogens is 1. The molecule has 0 unspecified atom stereocenters. The number of carbonyl (C=O) groups excluding carboxylic acids is 3. The first-order chi connectivity index (χ1) is 23.2. The lowest BCUT2D eigenvalue weighted by Crippen LogP contribution is -2.48. The number of anilines is 1. The quantitative estimate of drug-likeness (QED) is 0.135. The maximum atomic E-state index is 13.7. The smallest absolute Gasteiger partial charge is 0.251 e. The second kappa shape index (κ2) is 16.4. The molecular formula is C38H48ClN7O3. The minimum atomic E-state index is -0.755. The van der Waals surface area contributed by atoms with Crippen molar-refractivity contribution in [1.82, 2.24) is 25.9 Å². The molecular weight excluding hydrogens is 638 g/mol. The number of hydrogen-bond donors (Lipinski definition) is 6. The van der Waals surface area contributed by atoms with E-state index in [0.29, 0.717) is 30.1 Å². The van der Waals surface area contributed by atoms with Crippen molar-refractivity contribution in [2.45, 2.75) is 70.9 Å². The number of fused-ring (bicyclic) bond motifs is 1. The molecule has 0 radical (unpaired) electrons. The second-order valence-corrected chi connectivity index (χ2v) is 13.5. The fraction of sp³-hybridized carbons (Fsp3) is 0.421. The van der Waals surface area contributed by atoms with Crippen molar-refractivity contribution < 1.29 is 14.4 Å². The normalized spacial score (nSPS) is 18.7. The number of aryl methyl sites for hydroxylation is 2. The summed E-state index contributed by atoms with van der Waals surface area (Å²) in [5.74, 6) is 0.752. The van der Waals surface area contributed by atoms with Gasteiger partial charge >= 0.3 is 0 Å². The molecule has 1 aliphatic heterocycles. The van der Waals surface area contributed by atoms with Crippen LogP contribution in [0.3, 0.4) is 0 Å². The molecule has 4 aromatic rings. The third kappa shape index (κ3) is 9.06. The molecule has 49 heavy (non-hydrogen) atoms. The summed E-state index contributed by atoms with van der Waals surface area (Å²) in [4.78, 5) is 47.7. The molecule has 3 aromatic carbocycles. The number of halogens is 1. The fourth-order valence-corrected chi connectivity index (χ4v) is 7.02. The molecule has 1 saturated carbocycles. The number of piperidine rings is 1. The molecule has 260 valence electrons. The lowest BCUT2D eigenvalue weighted by atomic mass is 9.81. The van der Waals surface area contributed by atoms with E-state index in [2.05, 4.69) is 31.2 Å². The summed E-state index contributed by atoms with van der Waals surface area (Å²) < 4.78 is 0. The van der Waals surface area contributed by atoms with Crippen LogP contribution < -0.4 is 27.0 Å². The zero-order valence-corrected chi connectivity index (χ0v) is 29.1. The molecule has 3 amide bonds. The Labute approximate surface area is 294 Å². The molecule has 6 rings (SSSR count). The van der Waals surface area contributed by atoms with Crippen LogP contribution >= 0.6 is 12.4 Å². The van der Waals surface area contributed by atoms with Crippen LogP contribution in [0.2, 0.25) is 0 Å². The number of aromatic amines is 1. The highest BCUT2D eigenvalue weighted by atomic mass is 35.5. The van der Waals surface area contributed by atoms with Gasteiger partial charge in [0.1, 0.15) is 11.9 Å². The Kier molecular flexibility index (Phi) is 12.1. The molecule has 2 fully saturated rings. The van der Waals surface area contributed by atoms with E-state index in [1.165, 1.54) is 0 Å². The van der Waals surface area contributed by atoms with E-state index in [1.807, 2.05) is 74.5 Å². The second-order valence-electron chi connectivity index (χ2n) is 13.5. The van der Waals surface area contributed by atoms with Crippen molar-refractivity contribution in [2.75, 3.05) is 25.0 Å². The van der Waals surface area contributed by atoms with Crippen molar-refractivity contribution in [1.29, 1.82) is 0 Å². The van der Waals surface area contributed by atoms with Crippen molar-refractivity contribution in [3.05, 3.63) is 83.2 Å². The van der Waals surface area contributed by atoms with Crippen molar-refractivity contribution >= 4 is 46.8 Å². The largest absolute Gasteiger partial charge is 0.349 e. The van der Waals surface area contributed by atoms with Crippen LogP contribution in [0.25, 0.3) is 22.2 Å². The SMILES string of the molecule is Cc1nc2ccc(NC(=O)[C@H](Cc3ccc(-c4ccc(C(=O)NC5CCNCC5)cc4C)cc3)NC(=O)[C@H]3CC[C@H](CN)CC3)cc2[nH]1.Cl. The number of aromatic nitrogens is 2. The molecule has 1 atom stereocenters. The summed E-state index contributed by atoms with van der Waals surface area (Å²) >= 11 is 0. The Balaban J connectivity index is 0.00000468. The number of nitrogens with zero attached hydrogens (tertiary/aromatic N) is 1. The van der Waals surface area contributed by atoms with Gasteiger partial charge in [0.25, 0.3) is 5.91 Å². The minimum Gasteiger partial charge on any atom is -0.349 e. The Hall–Kier alpha value is -4.25. The van der Waals surface area contributed by atoms with Crippen LogP contribution in [0.15, 0.2) is 60.7 Å². The molecule has 11 heteroatoms. The topological polar surface area (TPSA) is 154 Å². The first kappa shape index (κ1) is 36.0. The van der Waals surface area contributed by atoms with E-state index in [1.54, 1.807) is 0 Å². The van der Waals surface area contributed by atoms with Crippen LogP contribution in [0.5, 0.6) is 0 Å². The minimum absolute atomic E-state index is 0. The van der Waals surface area contributed by atoms with Crippen LogP contribution in [0, 0.1) is 25.7 Å². The Morgan fingerprint density at radius 3 is 2.35 bits per heavy atom. The average molecular weight is 686 g/mol. The Bertz CT molecular complexity index is 1760. The highest BCUT2D eigenvalue weighted by Gasteiger charge is 2.29. The molecule has 2 aliphatic rings. The molecule has 10 nitrogen and oxygen atoms in total. The third-order valence-electron chi connectivity index (χ3n) is 9.92. The predicted molar refractivity (Wildman–Crippen MR) is 197 cm³/mol. The van der Waals surface area contributed by atoms with E-state index >= 15 is 0 Å². The zero-order chi connectivity index (χ0) is 33.6. The van der Waals surface area contributed by atoms with Gasteiger partial charge in [-0.25, -0.2) is 4.98 Å². The van der Waals surface area contributed by atoms with Crippen molar-refractivity contribution in [2.24, 2.45) is 17.6 Å². The maximum Gasteiger partial charge on any atom is 0.251 e. The first-order valence-electron chi connectivity index (χ1n) is 17.2. The number of carbonyl (C=O) groups is 3. The van der Waals surface area contributed by atoms with Gasteiger partial charge in [0.2, 0.25) is 11.8 Å². The number of benzene rings is 3. The number of amides is 3. The highest BCUT2D eigenvalue weighted by molar-refractivity contribution is 5.99. The Morgan fingerprint density at radius 2 is 1.65 bits per heavy atom. The summed E-state index contributed by atoms with van der Waals surface area (Å²) in [6, 6.07) is 18.9. The number of nitrogens with two attached hydrogens (primary N) is 1. The monoisotopic (exact) mass is 685 g/mol. The van der Waals surface area contributed by atoms with Gasteiger partial charge < -0.3 is 32.0 Å². The highest BCUT2D eigenvalue weighted by Crippen LogP contribution is 2.29. The first-order valence-corrected chi connectivity index (χ1v) is 17.2. The summed E-state index contributed by atoms with van der Waals surface area (Å²) in [7, 11) is 0. The average Bonchev–Trinajstić information content (AvgIpc) is 3.48. The number of rotatable bonds is 10. The molecule has 0 bridgehead atoms. The standard InChI is InChI=1S/C38H47N7O3.ClH/c1-23-19-29(37(47)43-30-15-17-40-18-16-30)11-13-32(23)27-7-3-25(4-8-27)20-35(45-36(46)28-9-5-26(22-39)6-10-28)38(48)44-31-12-14-33-34(21-31)42-24(2)41-33;/h3-4,7-8,11-14,19,21,26,28,30,35,40H,5-6,9-10,15-18,20,22,39H2,1-2H3,(H,41,42)(H,43,47)(H,44,48)(H,45,46);1H/t26-,28-,35-;/m0./s1. The number of imidazole rings is 1. The van der Waals surface area contributed by atoms with E-state index in [4.69, 9.17) is 5.73 Å². The summed E-state index contributed by atoms with van der Waals surface area (Å²) in [5, 5.41) is 12.6. The van der Waals surface area contributed by atoms with Gasteiger partial charge in [-0.2, -0.15) is 0 Å². The van der Waals surface area contributed by atoms with Gasteiger partial charge in [0.15, 0.2) is 0 Å².